The zero-order valence-corrected chi connectivity index (χ0v) is 9.56. The topological polar surface area (TPSA) is 85.8 Å². The highest BCUT2D eigenvalue weighted by molar-refractivity contribution is 5.73. The van der Waals surface area contributed by atoms with Crippen molar-refractivity contribution in [1.29, 1.82) is 5.26 Å². The summed E-state index contributed by atoms with van der Waals surface area (Å²) in [6, 6.07) is 1.06. The Morgan fingerprint density at radius 3 is 2.40 bits per heavy atom. The summed E-state index contributed by atoms with van der Waals surface area (Å²) in [7, 11) is 0. The van der Waals surface area contributed by atoms with Crippen molar-refractivity contribution in [2.45, 2.75) is 45.7 Å². The number of carbonyl (C=O) groups is 1. The number of aliphatic carboxylic acids is 1. The number of azo groups is 1. The molecule has 0 aliphatic heterocycles. The van der Waals surface area contributed by atoms with Crippen LogP contribution in [-0.4, -0.2) is 22.7 Å². The lowest BCUT2D eigenvalue weighted by Crippen LogP contribution is -2.21. The first-order valence-corrected chi connectivity index (χ1v) is 4.80. The Balaban J connectivity index is 4.51. The van der Waals surface area contributed by atoms with Crippen molar-refractivity contribution in [3.05, 3.63) is 0 Å². The lowest BCUT2D eigenvalue weighted by molar-refractivity contribution is -0.138. The number of nitrogens with zero attached hydrogens (tertiary/aromatic N) is 3. The fraction of sp³-hybridized carbons (Fsp3) is 0.800. The summed E-state index contributed by atoms with van der Waals surface area (Å²) in [5.41, 5.74) is -0.385. The van der Waals surface area contributed by atoms with E-state index in [1.807, 2.05) is 26.8 Å². The first-order valence-electron chi connectivity index (χ1n) is 4.80. The zero-order valence-electron chi connectivity index (χ0n) is 9.56. The Kier molecular flexibility index (Phi) is 4.92. The summed E-state index contributed by atoms with van der Waals surface area (Å²) in [5, 5.41) is 25.1. The first-order chi connectivity index (χ1) is 6.76. The molecule has 0 saturated heterocycles. The third kappa shape index (κ3) is 6.61. The lowest BCUT2D eigenvalue weighted by atomic mass is 10.0. The molecule has 5 heteroatoms. The Labute approximate surface area is 89.8 Å². The largest absolute Gasteiger partial charge is 0.480 e. The van der Waals surface area contributed by atoms with Crippen LogP contribution >= 0.6 is 0 Å². The predicted octanol–water partition coefficient (Wildman–Crippen LogP) is 2.24. The molecule has 2 atom stereocenters. The molecule has 84 valence electrons. The van der Waals surface area contributed by atoms with E-state index in [1.165, 1.54) is 0 Å². The second kappa shape index (κ2) is 5.44. The highest BCUT2D eigenvalue weighted by atomic mass is 16.4. The van der Waals surface area contributed by atoms with Gasteiger partial charge in [0.05, 0.1) is 11.6 Å². The summed E-state index contributed by atoms with van der Waals surface area (Å²) in [5.74, 6) is -1.37. The Hall–Kier alpha value is -1.44. The standard InChI is InChI=1S/C10H17N3O2/c1-7(6-11)5-8(9(14)15)12-13-10(2,3)4/h7-8H,5H2,1-4H3,(H,14,15). The van der Waals surface area contributed by atoms with Gasteiger partial charge in [-0.15, -0.1) is 0 Å². The second-order valence-corrected chi connectivity index (χ2v) is 4.51. The molecule has 1 N–H and O–H groups in total. The minimum atomic E-state index is -1.04. The van der Waals surface area contributed by atoms with E-state index < -0.39 is 12.0 Å². The van der Waals surface area contributed by atoms with E-state index in [1.54, 1.807) is 6.92 Å². The summed E-state index contributed by atoms with van der Waals surface area (Å²) in [6.07, 6.45) is 0.200. The highest BCUT2D eigenvalue weighted by Crippen LogP contribution is 2.13. The van der Waals surface area contributed by atoms with E-state index in [-0.39, 0.29) is 17.9 Å². The maximum absolute atomic E-state index is 10.8. The molecule has 0 spiro atoms. The SMILES string of the molecule is CC(C#N)CC(N=NC(C)(C)C)C(=O)O. The van der Waals surface area contributed by atoms with Crippen molar-refractivity contribution in [3.63, 3.8) is 0 Å². The molecule has 0 bridgehead atoms. The van der Waals surface area contributed by atoms with Gasteiger partial charge in [-0.05, 0) is 34.1 Å². The van der Waals surface area contributed by atoms with Crippen molar-refractivity contribution >= 4 is 5.97 Å². The average molecular weight is 211 g/mol. The highest BCUT2D eigenvalue weighted by Gasteiger charge is 2.20. The van der Waals surface area contributed by atoms with Crippen molar-refractivity contribution in [2.24, 2.45) is 16.1 Å². The number of carboxylic acids is 1. The van der Waals surface area contributed by atoms with Crippen LogP contribution in [0.15, 0.2) is 10.2 Å². The molecule has 0 aromatic carbocycles. The average Bonchev–Trinajstić information content (AvgIpc) is 2.09. The van der Waals surface area contributed by atoms with Crippen molar-refractivity contribution in [3.8, 4) is 6.07 Å². The van der Waals surface area contributed by atoms with Crippen LogP contribution in [0.3, 0.4) is 0 Å². The molecule has 2 unspecified atom stereocenters. The van der Waals surface area contributed by atoms with Gasteiger partial charge < -0.3 is 5.11 Å². The molecule has 15 heavy (non-hydrogen) atoms. The summed E-state index contributed by atoms with van der Waals surface area (Å²) in [4.78, 5) is 10.8. The maximum atomic E-state index is 10.8. The molecule has 0 aliphatic rings. The van der Waals surface area contributed by atoms with Gasteiger partial charge in [-0.1, -0.05) is 0 Å². The normalized spacial score (nSPS) is 15.9. The minimum Gasteiger partial charge on any atom is -0.480 e. The predicted molar refractivity (Wildman–Crippen MR) is 55.4 cm³/mol. The lowest BCUT2D eigenvalue weighted by Gasteiger charge is -2.12. The van der Waals surface area contributed by atoms with Crippen LogP contribution in [0.1, 0.15) is 34.1 Å². The summed E-state index contributed by atoms with van der Waals surface area (Å²) >= 11 is 0. The Morgan fingerprint density at radius 2 is 2.07 bits per heavy atom. The van der Waals surface area contributed by atoms with Crippen molar-refractivity contribution in [2.75, 3.05) is 0 Å². The van der Waals surface area contributed by atoms with Gasteiger partial charge >= 0.3 is 5.97 Å². The van der Waals surface area contributed by atoms with Gasteiger partial charge in [0.15, 0.2) is 6.04 Å². The van der Waals surface area contributed by atoms with Gasteiger partial charge in [-0.2, -0.15) is 15.5 Å². The molecule has 0 aliphatic carbocycles. The molecule has 0 amide bonds. The number of nitriles is 1. The van der Waals surface area contributed by atoms with Crippen LogP contribution in [0.5, 0.6) is 0 Å². The van der Waals surface area contributed by atoms with Crippen molar-refractivity contribution < 1.29 is 9.90 Å². The third-order valence-electron chi connectivity index (χ3n) is 1.58. The number of rotatable bonds is 4. The quantitative estimate of drug-likeness (QED) is 0.723. The summed E-state index contributed by atoms with van der Waals surface area (Å²) in [6.45, 7) is 7.18. The van der Waals surface area contributed by atoms with Crippen molar-refractivity contribution in [1.82, 2.24) is 0 Å². The maximum Gasteiger partial charge on any atom is 0.330 e. The Bertz CT molecular complexity index is 286. The molecule has 0 rings (SSSR count). The van der Waals surface area contributed by atoms with Crippen LogP contribution in [0.25, 0.3) is 0 Å². The van der Waals surface area contributed by atoms with Gasteiger partial charge in [-0.3, -0.25) is 0 Å². The van der Waals surface area contributed by atoms with Gasteiger partial charge in [0.1, 0.15) is 0 Å². The monoisotopic (exact) mass is 211 g/mol. The van der Waals surface area contributed by atoms with Gasteiger partial charge in [0, 0.05) is 5.92 Å². The molecular formula is C10H17N3O2. The van der Waals surface area contributed by atoms with Gasteiger partial charge in [0.2, 0.25) is 0 Å². The number of hydrogen-bond acceptors (Lipinski definition) is 4. The zero-order chi connectivity index (χ0) is 12.1. The fourth-order valence-electron chi connectivity index (χ4n) is 0.828. The molecule has 0 radical (unpaired) electrons. The molecule has 0 aromatic rings. The van der Waals surface area contributed by atoms with E-state index in [2.05, 4.69) is 10.2 Å². The minimum absolute atomic E-state index is 0.200. The number of hydrogen-bond donors (Lipinski definition) is 1. The molecule has 0 fully saturated rings. The third-order valence-corrected chi connectivity index (χ3v) is 1.58. The fourth-order valence-corrected chi connectivity index (χ4v) is 0.828. The van der Waals surface area contributed by atoms with E-state index >= 15 is 0 Å². The molecule has 0 aromatic heterocycles. The summed E-state index contributed by atoms with van der Waals surface area (Å²) < 4.78 is 0. The second-order valence-electron chi connectivity index (χ2n) is 4.51. The molecule has 0 heterocycles. The smallest absolute Gasteiger partial charge is 0.330 e. The molecule has 0 saturated carbocycles. The van der Waals surface area contributed by atoms with Crippen LogP contribution in [0, 0.1) is 17.2 Å². The van der Waals surface area contributed by atoms with Gasteiger partial charge in [0.25, 0.3) is 0 Å². The van der Waals surface area contributed by atoms with E-state index in [4.69, 9.17) is 10.4 Å². The van der Waals surface area contributed by atoms with Crippen LogP contribution < -0.4 is 0 Å². The van der Waals surface area contributed by atoms with E-state index in [0.717, 1.165) is 0 Å². The van der Waals surface area contributed by atoms with Crippen LogP contribution in [0.4, 0.5) is 0 Å². The molecule has 5 nitrogen and oxygen atoms in total. The van der Waals surface area contributed by atoms with Crippen LogP contribution in [-0.2, 0) is 4.79 Å². The number of carboxylic acid groups (broad SMARTS) is 1. The Morgan fingerprint density at radius 1 is 1.53 bits per heavy atom. The van der Waals surface area contributed by atoms with Gasteiger partial charge in [-0.25, -0.2) is 4.79 Å². The first kappa shape index (κ1) is 13.6. The van der Waals surface area contributed by atoms with E-state index in [9.17, 15) is 4.79 Å². The molecular weight excluding hydrogens is 194 g/mol. The van der Waals surface area contributed by atoms with E-state index in [0.29, 0.717) is 0 Å². The van der Waals surface area contributed by atoms with Crippen LogP contribution in [0.2, 0.25) is 0 Å².